The largest absolute Gasteiger partial charge is 0.492 e. The number of hydrogen-bond donors (Lipinski definition) is 1. The van der Waals surface area contributed by atoms with Crippen molar-refractivity contribution in [2.45, 2.75) is 19.6 Å². The second-order valence-corrected chi connectivity index (χ2v) is 4.87. The van der Waals surface area contributed by atoms with Crippen molar-refractivity contribution in [1.29, 1.82) is 0 Å². The maximum absolute atomic E-state index is 9.51. The highest BCUT2D eigenvalue weighted by atomic mass is 79.9. The Kier molecular flexibility index (Phi) is 4.38. The lowest BCUT2D eigenvalue weighted by molar-refractivity contribution is 0.181. The smallest absolute Gasteiger partial charge is 0.137 e. The third-order valence-corrected chi connectivity index (χ3v) is 3.06. The van der Waals surface area contributed by atoms with Crippen LogP contribution in [0.2, 0.25) is 0 Å². The van der Waals surface area contributed by atoms with E-state index in [1.807, 2.05) is 35.0 Å². The number of nitrogens with zero attached hydrogens (tertiary/aromatic N) is 2. The van der Waals surface area contributed by atoms with E-state index < -0.39 is 6.10 Å². The van der Waals surface area contributed by atoms with Crippen LogP contribution >= 0.6 is 15.9 Å². The summed E-state index contributed by atoms with van der Waals surface area (Å²) in [6.45, 7) is 2.91. The van der Waals surface area contributed by atoms with Gasteiger partial charge in [-0.15, -0.1) is 0 Å². The molecule has 0 amide bonds. The van der Waals surface area contributed by atoms with E-state index in [9.17, 15) is 5.11 Å². The Labute approximate surface area is 114 Å². The monoisotopic (exact) mass is 310 g/mol. The summed E-state index contributed by atoms with van der Waals surface area (Å²) in [6, 6.07) is 7.70. The number of halogens is 1. The van der Waals surface area contributed by atoms with E-state index in [1.165, 1.54) is 0 Å². The lowest BCUT2D eigenvalue weighted by Crippen LogP contribution is -2.12. The topological polar surface area (TPSA) is 47.3 Å². The van der Waals surface area contributed by atoms with E-state index in [4.69, 9.17) is 4.74 Å². The molecular formula is C13H15BrN2O2. The molecule has 0 aliphatic rings. The average molecular weight is 311 g/mol. The summed E-state index contributed by atoms with van der Waals surface area (Å²) in [5.74, 6) is 1.49. The summed E-state index contributed by atoms with van der Waals surface area (Å²) in [7, 11) is 0. The Bertz CT molecular complexity index is 494. The Morgan fingerprint density at radius 3 is 2.78 bits per heavy atom. The molecule has 0 aliphatic heterocycles. The lowest BCUT2D eigenvalue weighted by atomic mass is 10.3. The van der Waals surface area contributed by atoms with Gasteiger partial charge in [0.1, 0.15) is 24.3 Å². The van der Waals surface area contributed by atoms with Crippen LogP contribution in [0.3, 0.4) is 0 Å². The highest BCUT2D eigenvalue weighted by Gasteiger charge is 2.07. The van der Waals surface area contributed by atoms with Crippen molar-refractivity contribution in [3.63, 3.8) is 0 Å². The summed E-state index contributed by atoms with van der Waals surface area (Å²) in [5, 5.41) is 9.51. The quantitative estimate of drug-likeness (QED) is 0.923. The van der Waals surface area contributed by atoms with Crippen LogP contribution < -0.4 is 4.74 Å². The number of benzene rings is 1. The second kappa shape index (κ2) is 6.02. The molecule has 0 spiro atoms. The van der Waals surface area contributed by atoms with Crippen LogP contribution in [0.4, 0.5) is 0 Å². The number of imidazole rings is 1. The van der Waals surface area contributed by atoms with Gasteiger partial charge in [0.15, 0.2) is 0 Å². The standard InChI is InChI=1S/C13H15BrN2O2/c1-10(17)13-15-6-7-16(13)8-9-18-12-4-2-11(14)3-5-12/h2-7,10,17H,8-9H2,1H3. The minimum absolute atomic E-state index is 0.539. The van der Waals surface area contributed by atoms with E-state index in [1.54, 1.807) is 13.1 Å². The van der Waals surface area contributed by atoms with Gasteiger partial charge in [0.25, 0.3) is 0 Å². The summed E-state index contributed by atoms with van der Waals surface area (Å²) in [4.78, 5) is 4.10. The predicted octanol–water partition coefficient (Wildman–Crippen LogP) is 2.78. The zero-order valence-electron chi connectivity index (χ0n) is 10.1. The maximum atomic E-state index is 9.51. The van der Waals surface area contributed by atoms with Gasteiger partial charge in [0.2, 0.25) is 0 Å². The zero-order valence-corrected chi connectivity index (χ0v) is 11.7. The van der Waals surface area contributed by atoms with E-state index in [-0.39, 0.29) is 0 Å². The van der Waals surface area contributed by atoms with Gasteiger partial charge in [-0.3, -0.25) is 0 Å². The van der Waals surface area contributed by atoms with Gasteiger partial charge in [0, 0.05) is 16.9 Å². The maximum Gasteiger partial charge on any atom is 0.137 e. The summed E-state index contributed by atoms with van der Waals surface area (Å²) >= 11 is 3.37. The molecule has 0 aliphatic carbocycles. The molecule has 1 heterocycles. The van der Waals surface area contributed by atoms with Crippen LogP contribution in [0.25, 0.3) is 0 Å². The minimum atomic E-state index is -0.562. The van der Waals surface area contributed by atoms with E-state index in [0.29, 0.717) is 19.0 Å². The van der Waals surface area contributed by atoms with E-state index in [2.05, 4.69) is 20.9 Å². The van der Waals surface area contributed by atoms with Gasteiger partial charge in [-0.25, -0.2) is 4.98 Å². The van der Waals surface area contributed by atoms with Gasteiger partial charge in [-0.1, -0.05) is 15.9 Å². The van der Waals surface area contributed by atoms with E-state index >= 15 is 0 Å². The fraction of sp³-hybridized carbons (Fsp3) is 0.308. The van der Waals surface area contributed by atoms with Crippen molar-refractivity contribution in [2.24, 2.45) is 0 Å². The van der Waals surface area contributed by atoms with Crippen molar-refractivity contribution in [2.75, 3.05) is 6.61 Å². The molecule has 1 aromatic heterocycles. The Balaban J connectivity index is 1.88. The summed E-state index contributed by atoms with van der Waals surface area (Å²) in [6.07, 6.45) is 2.96. The van der Waals surface area contributed by atoms with Crippen LogP contribution in [0, 0.1) is 0 Å². The van der Waals surface area contributed by atoms with E-state index in [0.717, 1.165) is 10.2 Å². The van der Waals surface area contributed by atoms with Gasteiger partial charge in [0.05, 0.1) is 6.54 Å². The molecule has 4 nitrogen and oxygen atoms in total. The average Bonchev–Trinajstić information content (AvgIpc) is 2.80. The number of aromatic nitrogens is 2. The molecule has 0 saturated carbocycles. The lowest BCUT2D eigenvalue weighted by Gasteiger charge is -2.10. The van der Waals surface area contributed by atoms with Crippen molar-refractivity contribution in [3.05, 3.63) is 47.0 Å². The first kappa shape index (κ1) is 13.1. The van der Waals surface area contributed by atoms with Crippen molar-refractivity contribution in [3.8, 4) is 5.75 Å². The second-order valence-electron chi connectivity index (χ2n) is 3.96. The van der Waals surface area contributed by atoms with Crippen molar-refractivity contribution >= 4 is 15.9 Å². The molecule has 1 atom stereocenters. The fourth-order valence-electron chi connectivity index (χ4n) is 1.67. The van der Waals surface area contributed by atoms with Gasteiger partial charge >= 0.3 is 0 Å². The molecule has 0 fully saturated rings. The normalized spacial score (nSPS) is 12.4. The van der Waals surface area contributed by atoms with Gasteiger partial charge in [-0.2, -0.15) is 0 Å². The fourth-order valence-corrected chi connectivity index (χ4v) is 1.93. The van der Waals surface area contributed by atoms with Crippen molar-refractivity contribution < 1.29 is 9.84 Å². The van der Waals surface area contributed by atoms with Crippen LogP contribution in [0.15, 0.2) is 41.1 Å². The van der Waals surface area contributed by atoms with Crippen LogP contribution in [-0.2, 0) is 6.54 Å². The molecule has 1 unspecified atom stereocenters. The molecule has 18 heavy (non-hydrogen) atoms. The minimum Gasteiger partial charge on any atom is -0.492 e. The first-order chi connectivity index (χ1) is 8.66. The SMILES string of the molecule is CC(O)c1nccn1CCOc1ccc(Br)cc1. The number of aliphatic hydroxyl groups is 1. The molecule has 1 aromatic carbocycles. The van der Waals surface area contributed by atoms with Crippen molar-refractivity contribution in [1.82, 2.24) is 9.55 Å². The third kappa shape index (κ3) is 3.34. The van der Waals surface area contributed by atoms with Crippen LogP contribution in [0.5, 0.6) is 5.75 Å². The number of ether oxygens (including phenoxy) is 1. The Morgan fingerprint density at radius 1 is 1.39 bits per heavy atom. The molecule has 0 bridgehead atoms. The first-order valence-corrected chi connectivity index (χ1v) is 6.53. The van der Waals surface area contributed by atoms with Crippen LogP contribution in [0.1, 0.15) is 18.9 Å². The van der Waals surface area contributed by atoms with Gasteiger partial charge in [-0.05, 0) is 31.2 Å². The van der Waals surface area contributed by atoms with Gasteiger partial charge < -0.3 is 14.4 Å². The molecule has 96 valence electrons. The number of aliphatic hydroxyl groups excluding tert-OH is 1. The molecule has 2 rings (SSSR count). The summed E-state index contributed by atoms with van der Waals surface area (Å²) in [5.41, 5.74) is 0. The number of rotatable bonds is 5. The predicted molar refractivity (Wildman–Crippen MR) is 72.5 cm³/mol. The van der Waals surface area contributed by atoms with Crippen LogP contribution in [-0.4, -0.2) is 21.3 Å². The Hall–Kier alpha value is -1.33. The molecule has 0 saturated heterocycles. The highest BCUT2D eigenvalue weighted by molar-refractivity contribution is 9.10. The third-order valence-electron chi connectivity index (χ3n) is 2.54. The molecule has 1 N–H and O–H groups in total. The Morgan fingerprint density at radius 2 is 2.11 bits per heavy atom. The molecule has 5 heteroatoms. The summed E-state index contributed by atoms with van der Waals surface area (Å²) < 4.78 is 8.54. The molecule has 2 aromatic rings. The first-order valence-electron chi connectivity index (χ1n) is 5.74. The zero-order chi connectivity index (χ0) is 13.0. The molecular weight excluding hydrogens is 296 g/mol. The molecule has 0 radical (unpaired) electrons. The highest BCUT2D eigenvalue weighted by Crippen LogP contribution is 2.16. The number of hydrogen-bond acceptors (Lipinski definition) is 3.